The smallest absolute Gasteiger partial charge is 0.156 e. The number of piperidine rings is 1. The Morgan fingerprint density at radius 1 is 1.00 bits per heavy atom. The van der Waals surface area contributed by atoms with Gasteiger partial charge < -0.3 is 4.90 Å². The van der Waals surface area contributed by atoms with Crippen LogP contribution in [0.2, 0.25) is 0 Å². The number of hydrogen-bond acceptors (Lipinski definition) is 6. The molecule has 1 fully saturated rings. The van der Waals surface area contributed by atoms with E-state index in [1.54, 1.807) is 0 Å². The van der Waals surface area contributed by atoms with Gasteiger partial charge in [-0.25, -0.2) is 9.67 Å². The van der Waals surface area contributed by atoms with Crippen LogP contribution in [-0.4, -0.2) is 37.2 Å². The summed E-state index contributed by atoms with van der Waals surface area (Å²) in [5, 5.41) is 5.58. The molecule has 6 nitrogen and oxygen atoms in total. The molecule has 0 spiro atoms. The van der Waals surface area contributed by atoms with Gasteiger partial charge in [-0.3, -0.25) is 4.98 Å². The molecule has 0 saturated carbocycles. The highest BCUT2D eigenvalue weighted by Gasteiger charge is 2.14. The zero-order valence-electron chi connectivity index (χ0n) is 15.2. The van der Waals surface area contributed by atoms with Crippen LogP contribution in [-0.2, 0) is 0 Å². The topological polar surface area (TPSA) is 59.7 Å². The van der Waals surface area contributed by atoms with E-state index in [4.69, 9.17) is 4.98 Å². The number of pyridine rings is 2. The summed E-state index contributed by atoms with van der Waals surface area (Å²) in [7, 11) is 0. The maximum absolute atomic E-state index is 4.89. The van der Waals surface area contributed by atoms with Gasteiger partial charge in [-0.2, -0.15) is 9.47 Å². The maximum Gasteiger partial charge on any atom is 0.156 e. The molecule has 1 saturated heterocycles. The van der Waals surface area contributed by atoms with Crippen LogP contribution in [0.4, 0.5) is 5.82 Å². The van der Waals surface area contributed by atoms with Crippen molar-refractivity contribution in [2.75, 3.05) is 18.0 Å². The minimum atomic E-state index is 0.839. The second kappa shape index (κ2) is 6.74. The lowest BCUT2D eigenvalue weighted by Gasteiger charge is -2.27. The first-order valence-electron chi connectivity index (χ1n) is 9.28. The molecule has 7 heteroatoms. The van der Waals surface area contributed by atoms with Crippen molar-refractivity contribution < 1.29 is 0 Å². The molecule has 0 unspecified atom stereocenters. The number of aryl methyl sites for hydroxylation is 1. The van der Waals surface area contributed by atoms with Crippen molar-refractivity contribution in [3.8, 4) is 16.4 Å². The first-order valence-corrected chi connectivity index (χ1v) is 10.1. The fourth-order valence-corrected chi connectivity index (χ4v) is 4.27. The molecule has 27 heavy (non-hydrogen) atoms. The van der Waals surface area contributed by atoms with Crippen LogP contribution in [0.5, 0.6) is 0 Å². The van der Waals surface area contributed by atoms with E-state index in [0.717, 1.165) is 51.9 Å². The Kier molecular flexibility index (Phi) is 4.09. The molecule has 4 aromatic heterocycles. The van der Waals surface area contributed by atoms with Crippen LogP contribution in [0.25, 0.3) is 27.3 Å². The van der Waals surface area contributed by atoms with E-state index in [-0.39, 0.29) is 0 Å². The van der Waals surface area contributed by atoms with E-state index in [0.29, 0.717) is 0 Å². The molecule has 0 bridgehead atoms. The summed E-state index contributed by atoms with van der Waals surface area (Å²) in [6, 6.07) is 10.3. The molecular formula is C20H20N6S. The molecular weight excluding hydrogens is 356 g/mol. The number of aromatic nitrogens is 5. The number of rotatable bonds is 3. The van der Waals surface area contributed by atoms with Crippen molar-refractivity contribution >= 4 is 28.3 Å². The van der Waals surface area contributed by atoms with Crippen molar-refractivity contribution in [1.29, 1.82) is 0 Å². The molecule has 1 aliphatic heterocycles. The van der Waals surface area contributed by atoms with Crippen LogP contribution < -0.4 is 4.90 Å². The molecule has 0 aromatic carbocycles. The largest absolute Gasteiger partial charge is 0.357 e. The molecule has 1 aliphatic rings. The standard InChI is InChI=1S/C20H20N6S/c1-14-10-18(27-24-14)16-11-17-15(12-21-16)13-22-26(17)20-7-5-6-19(23-20)25-8-3-2-4-9-25/h5-7,10-13H,2-4,8-9H2,1H3. The highest BCUT2D eigenvalue weighted by Crippen LogP contribution is 2.27. The number of hydrogen-bond donors (Lipinski definition) is 0. The first kappa shape index (κ1) is 16.4. The highest BCUT2D eigenvalue weighted by molar-refractivity contribution is 7.09. The van der Waals surface area contributed by atoms with Crippen molar-refractivity contribution in [1.82, 2.24) is 24.1 Å². The van der Waals surface area contributed by atoms with E-state index in [9.17, 15) is 0 Å². The SMILES string of the molecule is Cc1cc(-c2cc3c(cn2)cnn3-c2cccc(N3CCCCC3)n2)sn1. The summed E-state index contributed by atoms with van der Waals surface area (Å²) in [4.78, 5) is 12.9. The van der Waals surface area contributed by atoms with Crippen molar-refractivity contribution in [3.05, 3.63) is 48.4 Å². The van der Waals surface area contributed by atoms with Gasteiger partial charge in [0.2, 0.25) is 0 Å². The summed E-state index contributed by atoms with van der Waals surface area (Å²) in [6.07, 6.45) is 7.50. The third-order valence-electron chi connectivity index (χ3n) is 4.95. The van der Waals surface area contributed by atoms with Gasteiger partial charge >= 0.3 is 0 Å². The average molecular weight is 376 g/mol. The van der Waals surface area contributed by atoms with Crippen molar-refractivity contribution in [2.45, 2.75) is 26.2 Å². The molecule has 4 aromatic rings. The normalized spacial score (nSPS) is 14.8. The molecule has 5 heterocycles. The third kappa shape index (κ3) is 3.08. The molecule has 5 rings (SSSR count). The molecule has 0 radical (unpaired) electrons. The molecule has 0 aliphatic carbocycles. The number of anilines is 1. The Hall–Kier alpha value is -2.80. The predicted molar refractivity (Wildman–Crippen MR) is 109 cm³/mol. The van der Waals surface area contributed by atoms with E-state index < -0.39 is 0 Å². The van der Waals surface area contributed by atoms with Gasteiger partial charge in [0.25, 0.3) is 0 Å². The minimum absolute atomic E-state index is 0.839. The lowest BCUT2D eigenvalue weighted by molar-refractivity contribution is 0.573. The minimum Gasteiger partial charge on any atom is -0.357 e. The fourth-order valence-electron chi connectivity index (χ4n) is 3.55. The number of nitrogens with zero attached hydrogens (tertiary/aromatic N) is 6. The van der Waals surface area contributed by atoms with Crippen molar-refractivity contribution in [3.63, 3.8) is 0 Å². The molecule has 136 valence electrons. The van der Waals surface area contributed by atoms with E-state index >= 15 is 0 Å². The Morgan fingerprint density at radius 2 is 1.85 bits per heavy atom. The van der Waals surface area contributed by atoms with Crippen LogP contribution >= 0.6 is 11.5 Å². The van der Waals surface area contributed by atoms with Crippen LogP contribution in [0.3, 0.4) is 0 Å². The van der Waals surface area contributed by atoms with Gasteiger partial charge in [0, 0.05) is 24.7 Å². The van der Waals surface area contributed by atoms with E-state index in [2.05, 4.69) is 43.6 Å². The van der Waals surface area contributed by atoms with Gasteiger partial charge in [-0.05, 0) is 62.0 Å². The second-order valence-corrected chi connectivity index (χ2v) is 7.72. The lowest BCUT2D eigenvalue weighted by Crippen LogP contribution is -2.30. The Morgan fingerprint density at radius 3 is 2.67 bits per heavy atom. The Labute approximate surface area is 161 Å². The molecule has 0 N–H and O–H groups in total. The summed E-state index contributed by atoms with van der Waals surface area (Å²) < 4.78 is 6.27. The summed E-state index contributed by atoms with van der Waals surface area (Å²) in [5.74, 6) is 1.87. The summed E-state index contributed by atoms with van der Waals surface area (Å²) >= 11 is 1.47. The monoisotopic (exact) mass is 376 g/mol. The second-order valence-electron chi connectivity index (χ2n) is 6.92. The predicted octanol–water partition coefficient (Wildman–Crippen LogP) is 4.24. The molecule has 0 amide bonds. The van der Waals surface area contributed by atoms with Crippen LogP contribution in [0.15, 0.2) is 42.7 Å². The van der Waals surface area contributed by atoms with Gasteiger partial charge in [0.1, 0.15) is 5.82 Å². The first-order chi connectivity index (χ1) is 13.3. The fraction of sp³-hybridized carbons (Fsp3) is 0.300. The van der Waals surface area contributed by atoms with Crippen molar-refractivity contribution in [2.24, 2.45) is 0 Å². The Balaban J connectivity index is 1.56. The van der Waals surface area contributed by atoms with E-state index in [1.165, 1.54) is 30.8 Å². The lowest BCUT2D eigenvalue weighted by atomic mass is 10.1. The van der Waals surface area contributed by atoms with Gasteiger partial charge in [0.05, 0.1) is 28.0 Å². The van der Waals surface area contributed by atoms with Gasteiger partial charge in [-0.1, -0.05) is 6.07 Å². The van der Waals surface area contributed by atoms with Gasteiger partial charge in [-0.15, -0.1) is 0 Å². The quantitative estimate of drug-likeness (QED) is 0.535. The Bertz CT molecular complexity index is 1090. The van der Waals surface area contributed by atoms with E-state index in [1.807, 2.05) is 30.1 Å². The summed E-state index contributed by atoms with van der Waals surface area (Å²) in [6.45, 7) is 4.16. The molecule has 0 atom stereocenters. The third-order valence-corrected chi connectivity index (χ3v) is 5.85. The maximum atomic E-state index is 4.89. The average Bonchev–Trinajstić information content (AvgIpc) is 3.34. The highest BCUT2D eigenvalue weighted by atomic mass is 32.1. The number of fused-ring (bicyclic) bond motifs is 1. The summed E-state index contributed by atoms with van der Waals surface area (Å²) in [5.41, 5.74) is 2.94. The van der Waals surface area contributed by atoms with Crippen LogP contribution in [0.1, 0.15) is 25.0 Å². The van der Waals surface area contributed by atoms with Crippen LogP contribution in [0, 0.1) is 6.92 Å². The van der Waals surface area contributed by atoms with Gasteiger partial charge in [0.15, 0.2) is 5.82 Å². The zero-order chi connectivity index (χ0) is 18.2. The zero-order valence-corrected chi connectivity index (χ0v) is 16.0.